The monoisotopic (exact) mass is 291 g/mol. The lowest BCUT2D eigenvalue weighted by Gasteiger charge is -2.46. The first-order valence-corrected chi connectivity index (χ1v) is 8.34. The van der Waals surface area contributed by atoms with Gasteiger partial charge in [-0.05, 0) is 18.8 Å². The fourth-order valence-corrected chi connectivity index (χ4v) is 4.10. The second-order valence-corrected chi connectivity index (χ2v) is 6.81. The van der Waals surface area contributed by atoms with E-state index in [2.05, 4.69) is 19.9 Å². The van der Waals surface area contributed by atoms with Crippen LogP contribution < -0.4 is 5.73 Å². The quantitative estimate of drug-likeness (QED) is 0.885. The zero-order valence-electron chi connectivity index (χ0n) is 12.6. The zero-order chi connectivity index (χ0) is 14.2. The summed E-state index contributed by atoms with van der Waals surface area (Å²) in [5.74, 6) is 2.22. The molecular weight excluding hydrogens is 266 g/mol. The number of hydrogen-bond donors (Lipinski definition) is 1. The molecule has 5 rings (SSSR count). The van der Waals surface area contributed by atoms with E-state index in [0.717, 1.165) is 37.8 Å². The van der Waals surface area contributed by atoms with Crippen LogP contribution in [0.1, 0.15) is 43.4 Å². The van der Waals surface area contributed by atoms with Crippen molar-refractivity contribution in [2.45, 2.75) is 44.2 Å². The molecule has 2 bridgehead atoms. The molecule has 3 saturated heterocycles. The smallest absolute Gasteiger partial charge is 0.228 e. The van der Waals surface area contributed by atoms with E-state index in [4.69, 9.17) is 10.3 Å². The van der Waals surface area contributed by atoms with E-state index in [1.807, 2.05) is 0 Å². The molecule has 3 aliphatic heterocycles. The van der Waals surface area contributed by atoms with Gasteiger partial charge in [0, 0.05) is 45.2 Å². The molecule has 0 amide bonds. The van der Waals surface area contributed by atoms with Crippen LogP contribution in [0.4, 0.5) is 0 Å². The van der Waals surface area contributed by atoms with Crippen LogP contribution in [0.3, 0.4) is 0 Å². The van der Waals surface area contributed by atoms with Crippen LogP contribution in [0.25, 0.3) is 0 Å². The molecule has 116 valence electrons. The van der Waals surface area contributed by atoms with Gasteiger partial charge in [-0.25, -0.2) is 0 Å². The van der Waals surface area contributed by atoms with Crippen LogP contribution >= 0.6 is 0 Å². The number of rotatable bonds is 4. The Morgan fingerprint density at radius 1 is 1.19 bits per heavy atom. The van der Waals surface area contributed by atoms with E-state index in [1.54, 1.807) is 0 Å². The fraction of sp³-hybridized carbons (Fsp3) is 0.867. The average Bonchev–Trinajstić information content (AvgIpc) is 3.20. The Hall–Kier alpha value is -0.980. The van der Waals surface area contributed by atoms with E-state index in [0.29, 0.717) is 12.0 Å². The number of aromatic nitrogens is 2. The highest BCUT2D eigenvalue weighted by molar-refractivity contribution is 5.02. The Bertz CT molecular complexity index is 476. The highest BCUT2D eigenvalue weighted by Gasteiger charge is 2.35. The SMILES string of the molecule is NC(Cc1nc(C2CN3CCN2CC3)no1)C1CCCC1. The number of hydrogen-bond acceptors (Lipinski definition) is 6. The van der Waals surface area contributed by atoms with Crippen LogP contribution in [0, 0.1) is 5.92 Å². The third-order valence-electron chi connectivity index (χ3n) is 5.48. The van der Waals surface area contributed by atoms with Crippen molar-refractivity contribution >= 4 is 0 Å². The summed E-state index contributed by atoms with van der Waals surface area (Å²) in [5, 5.41) is 4.23. The van der Waals surface area contributed by atoms with Crippen molar-refractivity contribution in [2.24, 2.45) is 11.7 Å². The lowest BCUT2D eigenvalue weighted by Crippen LogP contribution is -2.57. The number of fused-ring (bicyclic) bond motifs is 3. The zero-order valence-corrected chi connectivity index (χ0v) is 12.6. The van der Waals surface area contributed by atoms with E-state index in [1.165, 1.54) is 38.8 Å². The number of nitrogens with two attached hydrogens (primary N) is 1. The van der Waals surface area contributed by atoms with Gasteiger partial charge in [0.25, 0.3) is 0 Å². The molecule has 1 aromatic heterocycles. The summed E-state index contributed by atoms with van der Waals surface area (Å²) in [6, 6.07) is 0.486. The van der Waals surface area contributed by atoms with Gasteiger partial charge >= 0.3 is 0 Å². The van der Waals surface area contributed by atoms with Crippen molar-refractivity contribution in [2.75, 3.05) is 32.7 Å². The molecule has 4 aliphatic rings. The fourth-order valence-electron chi connectivity index (χ4n) is 4.10. The first-order valence-electron chi connectivity index (χ1n) is 8.34. The molecule has 1 saturated carbocycles. The van der Waals surface area contributed by atoms with Crippen LogP contribution in [0.2, 0.25) is 0 Å². The molecule has 4 fully saturated rings. The summed E-state index contributed by atoms with van der Waals surface area (Å²) < 4.78 is 5.47. The average molecular weight is 291 g/mol. The highest BCUT2D eigenvalue weighted by atomic mass is 16.5. The molecule has 4 heterocycles. The predicted octanol–water partition coefficient (Wildman–Crippen LogP) is 0.802. The first-order chi connectivity index (χ1) is 10.3. The molecule has 2 atom stereocenters. The molecule has 1 aromatic rings. The number of nitrogens with zero attached hydrogens (tertiary/aromatic N) is 4. The van der Waals surface area contributed by atoms with Gasteiger partial charge < -0.3 is 10.3 Å². The minimum Gasteiger partial charge on any atom is -0.339 e. The van der Waals surface area contributed by atoms with Gasteiger partial charge in [0.15, 0.2) is 5.82 Å². The summed E-state index contributed by atoms with van der Waals surface area (Å²) in [6.45, 7) is 5.63. The van der Waals surface area contributed by atoms with Crippen molar-refractivity contribution < 1.29 is 4.52 Å². The van der Waals surface area contributed by atoms with Gasteiger partial charge in [0.2, 0.25) is 5.89 Å². The molecule has 2 N–H and O–H groups in total. The van der Waals surface area contributed by atoms with E-state index in [9.17, 15) is 0 Å². The van der Waals surface area contributed by atoms with Gasteiger partial charge in [-0.15, -0.1) is 0 Å². The molecule has 2 unspecified atom stereocenters. The Labute approximate surface area is 125 Å². The van der Waals surface area contributed by atoms with Crippen molar-refractivity contribution in [3.63, 3.8) is 0 Å². The molecule has 0 aromatic carbocycles. The van der Waals surface area contributed by atoms with Crippen molar-refractivity contribution in [3.8, 4) is 0 Å². The van der Waals surface area contributed by atoms with Crippen LogP contribution in [0.5, 0.6) is 0 Å². The Morgan fingerprint density at radius 3 is 2.62 bits per heavy atom. The predicted molar refractivity (Wildman–Crippen MR) is 78.7 cm³/mol. The summed E-state index contributed by atoms with van der Waals surface area (Å²) >= 11 is 0. The normalized spacial score (nSPS) is 34.4. The molecule has 21 heavy (non-hydrogen) atoms. The van der Waals surface area contributed by atoms with E-state index in [-0.39, 0.29) is 6.04 Å². The van der Waals surface area contributed by atoms with Gasteiger partial charge in [-0.3, -0.25) is 9.80 Å². The second kappa shape index (κ2) is 5.66. The Kier molecular flexibility index (Phi) is 3.69. The highest BCUT2D eigenvalue weighted by Crippen LogP contribution is 2.29. The summed E-state index contributed by atoms with van der Waals surface area (Å²) in [4.78, 5) is 9.61. The van der Waals surface area contributed by atoms with Crippen LogP contribution in [0.15, 0.2) is 4.52 Å². The van der Waals surface area contributed by atoms with Crippen LogP contribution in [-0.2, 0) is 6.42 Å². The third-order valence-corrected chi connectivity index (χ3v) is 5.48. The van der Waals surface area contributed by atoms with Crippen molar-refractivity contribution in [1.82, 2.24) is 19.9 Å². The lowest BCUT2D eigenvalue weighted by molar-refractivity contribution is 0.00781. The largest absolute Gasteiger partial charge is 0.339 e. The number of piperazine rings is 3. The minimum atomic E-state index is 0.174. The van der Waals surface area contributed by atoms with Crippen LogP contribution in [-0.4, -0.2) is 58.7 Å². The van der Waals surface area contributed by atoms with Gasteiger partial charge in [0.1, 0.15) is 0 Å². The van der Waals surface area contributed by atoms with Crippen molar-refractivity contribution in [3.05, 3.63) is 11.7 Å². The molecule has 6 nitrogen and oxygen atoms in total. The molecule has 6 heteroatoms. The third kappa shape index (κ3) is 2.72. The Morgan fingerprint density at radius 2 is 1.95 bits per heavy atom. The van der Waals surface area contributed by atoms with Gasteiger partial charge in [-0.2, -0.15) is 4.98 Å². The Balaban J connectivity index is 1.41. The van der Waals surface area contributed by atoms with Gasteiger partial charge in [0.05, 0.1) is 6.04 Å². The minimum absolute atomic E-state index is 0.174. The molecule has 0 radical (unpaired) electrons. The summed E-state index contributed by atoms with van der Waals surface area (Å²) in [5.41, 5.74) is 6.31. The van der Waals surface area contributed by atoms with Gasteiger partial charge in [-0.1, -0.05) is 18.0 Å². The maximum Gasteiger partial charge on any atom is 0.228 e. The summed E-state index contributed by atoms with van der Waals surface area (Å²) in [7, 11) is 0. The maximum atomic E-state index is 6.31. The summed E-state index contributed by atoms with van der Waals surface area (Å²) in [6.07, 6.45) is 5.88. The molecular formula is C15H25N5O. The lowest BCUT2D eigenvalue weighted by atomic mass is 9.96. The topological polar surface area (TPSA) is 71.4 Å². The van der Waals surface area contributed by atoms with Crippen molar-refractivity contribution in [1.29, 1.82) is 0 Å². The molecule has 0 spiro atoms. The van der Waals surface area contributed by atoms with E-state index < -0.39 is 0 Å². The maximum absolute atomic E-state index is 6.31. The first kappa shape index (κ1) is 13.7. The molecule has 1 aliphatic carbocycles. The van der Waals surface area contributed by atoms with E-state index >= 15 is 0 Å². The standard InChI is InChI=1S/C15H25N5O/c16-12(11-3-1-2-4-11)9-14-17-15(18-21-14)13-10-19-5-7-20(13)8-6-19/h11-13H,1-10,16H2. The second-order valence-electron chi connectivity index (χ2n) is 6.81.